The van der Waals surface area contributed by atoms with E-state index in [1.54, 1.807) is 13.3 Å². The number of fused-ring (bicyclic) bond motifs is 1. The maximum atomic E-state index is 12.7. The van der Waals surface area contributed by atoms with E-state index in [2.05, 4.69) is 10.4 Å². The van der Waals surface area contributed by atoms with E-state index in [9.17, 15) is 4.79 Å². The van der Waals surface area contributed by atoms with Gasteiger partial charge in [0.1, 0.15) is 5.76 Å². The van der Waals surface area contributed by atoms with Gasteiger partial charge in [-0.15, -0.1) is 5.10 Å². The summed E-state index contributed by atoms with van der Waals surface area (Å²) in [7, 11) is 1.78. The van der Waals surface area contributed by atoms with Gasteiger partial charge in [-0.3, -0.25) is 4.79 Å². The summed E-state index contributed by atoms with van der Waals surface area (Å²) >= 11 is 5.98. The molecule has 0 unspecified atom stereocenters. The fourth-order valence-corrected chi connectivity index (χ4v) is 3.39. The summed E-state index contributed by atoms with van der Waals surface area (Å²) in [5.74, 6) is 1.57. The number of anilines is 1. The second-order valence-electron chi connectivity index (χ2n) is 5.85. The average Bonchev–Trinajstić information content (AvgIpc) is 3.23. The van der Waals surface area contributed by atoms with E-state index in [-0.39, 0.29) is 11.7 Å². The first-order valence-electron chi connectivity index (χ1n) is 7.79. The number of furan rings is 1. The first-order chi connectivity index (χ1) is 11.7. The lowest BCUT2D eigenvalue weighted by Crippen LogP contribution is -2.20. The molecule has 6 heteroatoms. The lowest BCUT2D eigenvalue weighted by atomic mass is 9.85. The van der Waals surface area contributed by atoms with Crippen molar-refractivity contribution >= 4 is 23.2 Å². The van der Waals surface area contributed by atoms with Gasteiger partial charge in [0.2, 0.25) is 0 Å². The predicted molar refractivity (Wildman–Crippen MR) is 92.2 cm³/mol. The Balaban J connectivity index is 1.83. The minimum atomic E-state index is 0.0347. The van der Waals surface area contributed by atoms with Crippen LogP contribution in [0.3, 0.4) is 0 Å². The molecule has 0 saturated carbocycles. The van der Waals surface area contributed by atoms with E-state index in [0.29, 0.717) is 29.2 Å². The highest BCUT2D eigenvalue weighted by Crippen LogP contribution is 2.37. The number of hydrogen-bond donors (Lipinski definition) is 1. The summed E-state index contributed by atoms with van der Waals surface area (Å²) in [4.78, 5) is 12.7. The van der Waals surface area contributed by atoms with Crippen molar-refractivity contribution in [2.75, 3.05) is 12.4 Å². The van der Waals surface area contributed by atoms with Crippen molar-refractivity contribution in [1.82, 2.24) is 9.78 Å². The largest absolute Gasteiger partial charge is 0.469 e. The molecule has 122 valence electrons. The number of benzene rings is 1. The molecule has 0 amide bonds. The Labute approximate surface area is 144 Å². The molecule has 0 spiro atoms. The molecule has 0 saturated heterocycles. The SMILES string of the molecule is CNc1nn(-c2ccc(Cl)cc2)c2c1C(=O)C[C@@H](c1ccco1)C2. The predicted octanol–water partition coefficient (Wildman–Crippen LogP) is 4.07. The first kappa shape index (κ1) is 15.0. The zero-order valence-corrected chi connectivity index (χ0v) is 13.9. The van der Waals surface area contributed by atoms with Crippen molar-refractivity contribution < 1.29 is 9.21 Å². The molecule has 1 N–H and O–H groups in total. The fourth-order valence-electron chi connectivity index (χ4n) is 3.26. The number of carbonyl (C=O) groups is 1. The zero-order valence-electron chi connectivity index (χ0n) is 13.1. The number of hydrogen-bond acceptors (Lipinski definition) is 4. The van der Waals surface area contributed by atoms with Crippen molar-refractivity contribution in [3.8, 4) is 5.69 Å². The Kier molecular flexibility index (Phi) is 3.65. The Morgan fingerprint density at radius 2 is 2.04 bits per heavy atom. The number of nitrogens with zero attached hydrogens (tertiary/aromatic N) is 2. The summed E-state index contributed by atoms with van der Waals surface area (Å²) in [6.45, 7) is 0. The van der Waals surface area contributed by atoms with Gasteiger partial charge in [0, 0.05) is 30.8 Å². The minimum absolute atomic E-state index is 0.0347. The second-order valence-corrected chi connectivity index (χ2v) is 6.29. The van der Waals surface area contributed by atoms with E-state index in [4.69, 9.17) is 16.0 Å². The maximum Gasteiger partial charge on any atom is 0.169 e. The van der Waals surface area contributed by atoms with E-state index in [1.165, 1.54) is 0 Å². The van der Waals surface area contributed by atoms with Gasteiger partial charge in [0.25, 0.3) is 0 Å². The summed E-state index contributed by atoms with van der Waals surface area (Å²) in [6, 6.07) is 11.2. The molecular weight excluding hydrogens is 326 g/mol. The topological polar surface area (TPSA) is 60.1 Å². The average molecular weight is 342 g/mol. The van der Waals surface area contributed by atoms with Gasteiger partial charge in [0.15, 0.2) is 11.6 Å². The Bertz CT molecular complexity index is 882. The Morgan fingerprint density at radius 3 is 2.71 bits per heavy atom. The molecule has 0 radical (unpaired) electrons. The van der Waals surface area contributed by atoms with Gasteiger partial charge in [-0.1, -0.05) is 11.6 Å². The number of halogens is 1. The van der Waals surface area contributed by atoms with Crippen LogP contribution in [0.5, 0.6) is 0 Å². The molecule has 4 rings (SSSR count). The maximum absolute atomic E-state index is 12.7. The molecular formula is C18H16ClN3O2. The van der Waals surface area contributed by atoms with Crippen LogP contribution >= 0.6 is 11.6 Å². The van der Waals surface area contributed by atoms with Crippen LogP contribution in [0.15, 0.2) is 47.1 Å². The molecule has 3 aromatic rings. The van der Waals surface area contributed by atoms with Crippen molar-refractivity contribution in [2.45, 2.75) is 18.8 Å². The second kappa shape index (κ2) is 5.83. The van der Waals surface area contributed by atoms with Crippen molar-refractivity contribution in [2.24, 2.45) is 0 Å². The summed E-state index contributed by atoms with van der Waals surface area (Å²) in [6.07, 6.45) is 2.78. The van der Waals surface area contributed by atoms with Crippen molar-refractivity contribution in [3.05, 3.63) is 64.7 Å². The molecule has 0 fully saturated rings. The molecule has 5 nitrogen and oxygen atoms in total. The van der Waals surface area contributed by atoms with Gasteiger partial charge < -0.3 is 9.73 Å². The van der Waals surface area contributed by atoms with Gasteiger partial charge >= 0.3 is 0 Å². The highest BCUT2D eigenvalue weighted by Gasteiger charge is 2.34. The standard InChI is InChI=1S/C18H16ClN3O2/c1-20-18-17-14(22(21-18)13-6-4-12(19)5-7-13)9-11(10-15(17)23)16-3-2-8-24-16/h2-8,11H,9-10H2,1H3,(H,20,21)/t11-/m0/s1. The van der Waals surface area contributed by atoms with Crippen LogP contribution in [0, 0.1) is 0 Å². The Morgan fingerprint density at radius 1 is 1.25 bits per heavy atom. The van der Waals surface area contributed by atoms with Crippen LogP contribution in [0.1, 0.15) is 34.2 Å². The monoisotopic (exact) mass is 341 g/mol. The number of aromatic nitrogens is 2. The van der Waals surface area contributed by atoms with E-state index in [0.717, 1.165) is 17.1 Å². The molecule has 24 heavy (non-hydrogen) atoms. The normalized spacial score (nSPS) is 16.9. The molecule has 1 aliphatic carbocycles. The third-order valence-corrected chi connectivity index (χ3v) is 4.64. The molecule has 0 aliphatic heterocycles. The number of carbonyl (C=O) groups excluding carboxylic acids is 1. The number of ketones is 1. The zero-order chi connectivity index (χ0) is 16.7. The van der Waals surface area contributed by atoms with Crippen molar-refractivity contribution in [1.29, 1.82) is 0 Å². The van der Waals surface area contributed by atoms with E-state index >= 15 is 0 Å². The molecule has 1 aliphatic rings. The van der Waals surface area contributed by atoms with Gasteiger partial charge in [-0.2, -0.15) is 0 Å². The van der Waals surface area contributed by atoms with Crippen LogP contribution in [0.4, 0.5) is 5.82 Å². The third kappa shape index (κ3) is 2.41. The van der Waals surface area contributed by atoms with E-state index < -0.39 is 0 Å². The number of nitrogens with one attached hydrogen (secondary N) is 1. The van der Waals surface area contributed by atoms with Crippen LogP contribution in [0.2, 0.25) is 5.02 Å². The highest BCUT2D eigenvalue weighted by atomic mass is 35.5. The highest BCUT2D eigenvalue weighted by molar-refractivity contribution is 6.30. The lowest BCUT2D eigenvalue weighted by Gasteiger charge is -2.21. The van der Waals surface area contributed by atoms with Gasteiger partial charge in [-0.25, -0.2) is 4.68 Å². The third-order valence-electron chi connectivity index (χ3n) is 4.38. The van der Waals surface area contributed by atoms with Gasteiger partial charge in [-0.05, 0) is 36.4 Å². The summed E-state index contributed by atoms with van der Waals surface area (Å²) < 4.78 is 7.34. The molecule has 1 aromatic carbocycles. The minimum Gasteiger partial charge on any atom is -0.469 e. The Hall–Kier alpha value is -2.53. The number of Topliss-reactive ketones (excluding diaryl/α,β-unsaturated/α-hetero) is 1. The lowest BCUT2D eigenvalue weighted by molar-refractivity contribution is 0.0960. The van der Waals surface area contributed by atoms with Crippen LogP contribution in [0.25, 0.3) is 5.69 Å². The molecule has 1 atom stereocenters. The van der Waals surface area contributed by atoms with Crippen LogP contribution in [-0.2, 0) is 6.42 Å². The summed E-state index contributed by atoms with van der Waals surface area (Å²) in [5.41, 5.74) is 2.46. The van der Waals surface area contributed by atoms with Crippen LogP contribution < -0.4 is 5.32 Å². The molecule has 2 aromatic heterocycles. The van der Waals surface area contributed by atoms with Crippen LogP contribution in [-0.4, -0.2) is 22.6 Å². The van der Waals surface area contributed by atoms with E-state index in [1.807, 2.05) is 41.1 Å². The molecule has 2 heterocycles. The smallest absolute Gasteiger partial charge is 0.169 e. The quantitative estimate of drug-likeness (QED) is 0.780. The fraction of sp³-hybridized carbons (Fsp3) is 0.222. The molecule has 0 bridgehead atoms. The van der Waals surface area contributed by atoms with Crippen molar-refractivity contribution in [3.63, 3.8) is 0 Å². The summed E-state index contributed by atoms with van der Waals surface area (Å²) in [5, 5.41) is 8.29. The van der Waals surface area contributed by atoms with Gasteiger partial charge in [0.05, 0.1) is 23.2 Å². The first-order valence-corrected chi connectivity index (χ1v) is 8.17. The number of rotatable bonds is 3.